The van der Waals surface area contributed by atoms with E-state index < -0.39 is 12.0 Å². The largest absolute Gasteiger partial charge is 0.463 e. The second-order valence-electron chi connectivity index (χ2n) is 10.7. The molecule has 222 valence electrons. The zero-order valence-corrected chi connectivity index (χ0v) is 27.0. The van der Waals surface area contributed by atoms with Gasteiger partial charge in [-0.1, -0.05) is 65.9 Å². The first-order chi connectivity index (χ1) is 21.3. The molecule has 3 aromatic carbocycles. The van der Waals surface area contributed by atoms with E-state index in [-0.39, 0.29) is 12.2 Å². The molecule has 0 N–H and O–H groups in total. The van der Waals surface area contributed by atoms with E-state index >= 15 is 0 Å². The second-order valence-corrected chi connectivity index (χ2v) is 12.5. The third-order valence-electron chi connectivity index (χ3n) is 7.94. The molecular weight excluding hydrogens is 587 g/mol. The predicted molar refractivity (Wildman–Crippen MR) is 179 cm³/mol. The summed E-state index contributed by atoms with van der Waals surface area (Å²) in [5.74, 6) is -0.455. The smallest absolute Gasteiger partial charge is 0.338 e. The lowest BCUT2D eigenvalue weighted by molar-refractivity contribution is -0.139. The van der Waals surface area contributed by atoms with Gasteiger partial charge in [0.15, 0.2) is 4.80 Å². The van der Waals surface area contributed by atoms with Crippen molar-refractivity contribution in [3.05, 3.63) is 138 Å². The van der Waals surface area contributed by atoms with Gasteiger partial charge in [0.2, 0.25) is 0 Å². The summed E-state index contributed by atoms with van der Waals surface area (Å²) in [6, 6.07) is 28.3. The van der Waals surface area contributed by atoms with E-state index in [1.54, 1.807) is 23.3 Å². The van der Waals surface area contributed by atoms with Crippen LogP contribution in [-0.2, 0) is 9.53 Å². The monoisotopic (exact) mass is 619 g/mol. The molecule has 3 heterocycles. The third-order valence-corrected chi connectivity index (χ3v) is 9.66. The van der Waals surface area contributed by atoms with Gasteiger partial charge in [0.05, 0.1) is 28.5 Å². The summed E-state index contributed by atoms with van der Waals surface area (Å²) in [6.07, 6.45) is 3.96. The van der Waals surface area contributed by atoms with E-state index in [1.807, 2.05) is 61.7 Å². The van der Waals surface area contributed by atoms with Crippen LogP contribution in [0.15, 0.2) is 111 Å². The summed E-state index contributed by atoms with van der Waals surface area (Å²) in [6.45, 7) is 7.97. The Morgan fingerprint density at radius 1 is 0.977 bits per heavy atom. The van der Waals surface area contributed by atoms with Crippen LogP contribution in [-0.4, -0.2) is 28.0 Å². The number of carbonyl (C=O) groups is 1. The molecule has 8 heteroatoms. The van der Waals surface area contributed by atoms with Crippen LogP contribution in [0.3, 0.4) is 0 Å². The minimum Gasteiger partial charge on any atom is -0.463 e. The number of ether oxygens (including phenoxy) is 1. The van der Waals surface area contributed by atoms with Gasteiger partial charge in [-0.25, -0.2) is 9.79 Å². The summed E-state index contributed by atoms with van der Waals surface area (Å²) in [5.41, 5.74) is 8.07. The van der Waals surface area contributed by atoms with Gasteiger partial charge in [-0.2, -0.15) is 0 Å². The molecule has 0 fully saturated rings. The number of aromatic nitrogens is 2. The SMILES string of the molecule is CCOC(=O)C1=C(C)N=c2s/c(=C\c3cc(C)n(-c4ccc(-c5ccccc5)cc4)c3C)c(=O)n2[C@@H]1c1ccc(SC)cc1. The zero-order chi connectivity index (χ0) is 31.0. The van der Waals surface area contributed by atoms with Crippen molar-refractivity contribution in [1.82, 2.24) is 9.13 Å². The quantitative estimate of drug-likeness (QED) is 0.152. The van der Waals surface area contributed by atoms with Crippen molar-refractivity contribution in [3.63, 3.8) is 0 Å². The minimum atomic E-state index is -0.626. The molecule has 1 atom stereocenters. The van der Waals surface area contributed by atoms with Crippen molar-refractivity contribution in [3.8, 4) is 16.8 Å². The maximum atomic E-state index is 14.1. The van der Waals surface area contributed by atoms with Gasteiger partial charge in [0.1, 0.15) is 0 Å². The fourth-order valence-electron chi connectivity index (χ4n) is 5.80. The summed E-state index contributed by atoms with van der Waals surface area (Å²) in [5, 5.41) is 0. The van der Waals surface area contributed by atoms with Gasteiger partial charge in [-0.05, 0) is 92.6 Å². The minimum absolute atomic E-state index is 0.181. The van der Waals surface area contributed by atoms with Crippen LogP contribution in [0, 0.1) is 13.8 Å². The van der Waals surface area contributed by atoms with Crippen LogP contribution in [0.25, 0.3) is 22.9 Å². The number of benzene rings is 3. The molecule has 6 nitrogen and oxygen atoms in total. The van der Waals surface area contributed by atoms with Crippen molar-refractivity contribution < 1.29 is 9.53 Å². The van der Waals surface area contributed by atoms with E-state index in [4.69, 9.17) is 9.73 Å². The van der Waals surface area contributed by atoms with Crippen LogP contribution in [0.5, 0.6) is 0 Å². The third kappa shape index (κ3) is 5.40. The number of thioether (sulfide) groups is 1. The number of fused-ring (bicyclic) bond motifs is 1. The number of nitrogens with zero attached hydrogens (tertiary/aromatic N) is 3. The Morgan fingerprint density at radius 2 is 1.66 bits per heavy atom. The molecule has 5 aromatic rings. The van der Waals surface area contributed by atoms with E-state index in [9.17, 15) is 9.59 Å². The van der Waals surface area contributed by atoms with Crippen LogP contribution < -0.4 is 14.9 Å². The first-order valence-electron chi connectivity index (χ1n) is 14.5. The lowest BCUT2D eigenvalue weighted by Crippen LogP contribution is -2.39. The topological polar surface area (TPSA) is 65.6 Å². The number of thiazole rings is 1. The summed E-state index contributed by atoms with van der Waals surface area (Å²) in [4.78, 5) is 33.7. The molecule has 1 aliphatic heterocycles. The standard InChI is InChI=1S/C36H33N3O3S2/c1-6-42-35(41)32-23(3)37-36-39(33(32)27-14-18-30(43-5)19-15-27)34(40)31(44-36)21-28-20-22(2)38(24(28)4)29-16-12-26(13-17-29)25-10-8-7-9-11-25/h7-21,33H,6H2,1-5H3/b31-21-/t33-/m1/s1. The molecule has 6 rings (SSSR count). The fourth-order valence-corrected chi connectivity index (χ4v) is 7.24. The Hall–Kier alpha value is -4.40. The Bertz CT molecular complexity index is 2070. The highest BCUT2D eigenvalue weighted by Crippen LogP contribution is 2.32. The van der Waals surface area contributed by atoms with Gasteiger partial charge >= 0.3 is 5.97 Å². The van der Waals surface area contributed by atoms with Gasteiger partial charge in [0.25, 0.3) is 5.56 Å². The maximum absolute atomic E-state index is 14.1. The molecule has 0 bridgehead atoms. The average Bonchev–Trinajstić information content (AvgIpc) is 3.50. The summed E-state index contributed by atoms with van der Waals surface area (Å²) in [7, 11) is 0. The van der Waals surface area contributed by atoms with E-state index in [2.05, 4.69) is 60.9 Å². The predicted octanol–water partition coefficient (Wildman–Crippen LogP) is 6.59. The highest BCUT2D eigenvalue weighted by atomic mass is 32.2. The number of esters is 1. The molecule has 0 saturated carbocycles. The molecule has 0 spiro atoms. The molecule has 2 aromatic heterocycles. The number of rotatable bonds is 7. The Labute approximate surface area is 264 Å². The highest BCUT2D eigenvalue weighted by Gasteiger charge is 2.33. The Kier molecular flexibility index (Phi) is 8.29. The number of carbonyl (C=O) groups excluding carboxylic acids is 1. The van der Waals surface area contributed by atoms with Crippen LogP contribution >= 0.6 is 23.1 Å². The zero-order valence-electron chi connectivity index (χ0n) is 25.3. The van der Waals surface area contributed by atoms with Gasteiger partial charge in [0, 0.05) is 22.0 Å². The molecule has 0 radical (unpaired) electrons. The molecule has 0 aliphatic carbocycles. The highest BCUT2D eigenvalue weighted by molar-refractivity contribution is 7.98. The van der Waals surface area contributed by atoms with Gasteiger partial charge in [-0.3, -0.25) is 9.36 Å². The number of hydrogen-bond donors (Lipinski definition) is 0. The summed E-state index contributed by atoms with van der Waals surface area (Å²) < 4.78 is 9.84. The van der Waals surface area contributed by atoms with Crippen molar-refractivity contribution in [2.24, 2.45) is 4.99 Å². The lowest BCUT2D eigenvalue weighted by atomic mass is 9.96. The average molecular weight is 620 g/mol. The van der Waals surface area contributed by atoms with E-state index in [0.717, 1.165) is 38.7 Å². The maximum Gasteiger partial charge on any atom is 0.338 e. The Morgan fingerprint density at radius 3 is 2.32 bits per heavy atom. The first kappa shape index (κ1) is 29.7. The van der Waals surface area contributed by atoms with Crippen LogP contribution in [0.4, 0.5) is 0 Å². The van der Waals surface area contributed by atoms with Crippen LogP contribution in [0.1, 0.15) is 42.4 Å². The second kappa shape index (κ2) is 12.3. The number of hydrogen-bond acceptors (Lipinski definition) is 6. The van der Waals surface area contributed by atoms with Crippen molar-refractivity contribution in [2.75, 3.05) is 12.9 Å². The van der Waals surface area contributed by atoms with E-state index in [0.29, 0.717) is 20.6 Å². The number of allylic oxidation sites excluding steroid dienone is 1. The molecule has 0 unspecified atom stereocenters. The molecule has 0 saturated heterocycles. The first-order valence-corrected chi connectivity index (χ1v) is 16.5. The molecular formula is C36H33N3O3S2. The summed E-state index contributed by atoms with van der Waals surface area (Å²) >= 11 is 2.98. The van der Waals surface area contributed by atoms with E-state index in [1.165, 1.54) is 16.9 Å². The van der Waals surface area contributed by atoms with Crippen molar-refractivity contribution in [2.45, 2.75) is 38.6 Å². The molecule has 0 amide bonds. The Balaban J connectivity index is 1.44. The van der Waals surface area contributed by atoms with Crippen molar-refractivity contribution >= 4 is 35.1 Å². The lowest BCUT2D eigenvalue weighted by Gasteiger charge is -2.24. The number of aryl methyl sites for hydroxylation is 1. The van der Waals surface area contributed by atoms with Crippen LogP contribution in [0.2, 0.25) is 0 Å². The van der Waals surface area contributed by atoms with Crippen molar-refractivity contribution in [1.29, 1.82) is 0 Å². The van der Waals surface area contributed by atoms with Gasteiger partial charge in [-0.15, -0.1) is 11.8 Å². The molecule has 44 heavy (non-hydrogen) atoms. The molecule has 1 aliphatic rings. The normalized spacial score (nSPS) is 14.8. The fraction of sp³-hybridized carbons (Fsp3) is 0.194. The van der Waals surface area contributed by atoms with Gasteiger partial charge < -0.3 is 9.30 Å².